The smallest absolute Gasteiger partial charge is 0.268 e. The minimum absolute atomic E-state index is 0.119. The number of amides is 1. The van der Waals surface area contributed by atoms with E-state index in [1.165, 1.54) is 6.07 Å². The van der Waals surface area contributed by atoms with E-state index in [0.29, 0.717) is 16.6 Å². The van der Waals surface area contributed by atoms with Gasteiger partial charge in [-0.3, -0.25) is 9.59 Å². The molecule has 0 unspecified atom stereocenters. The highest BCUT2D eigenvalue weighted by molar-refractivity contribution is 5.94. The minimum Gasteiger partial charge on any atom is -0.350 e. The summed E-state index contributed by atoms with van der Waals surface area (Å²) < 4.78 is 0. The SMILES string of the molecule is CC1CCC(NC(=O)c2cc(=O)c3ccccc3[nH]2)CC1. The van der Waals surface area contributed by atoms with E-state index in [-0.39, 0.29) is 17.4 Å². The van der Waals surface area contributed by atoms with Crippen LogP contribution in [0.25, 0.3) is 10.9 Å². The van der Waals surface area contributed by atoms with Crippen LogP contribution in [0.5, 0.6) is 0 Å². The molecule has 2 N–H and O–H groups in total. The third-order valence-corrected chi connectivity index (χ3v) is 4.33. The van der Waals surface area contributed by atoms with Crippen LogP contribution >= 0.6 is 0 Å². The first-order chi connectivity index (χ1) is 10.1. The Morgan fingerprint density at radius 3 is 2.67 bits per heavy atom. The maximum atomic E-state index is 12.3. The normalized spacial score (nSPS) is 22.1. The van der Waals surface area contributed by atoms with E-state index in [1.54, 1.807) is 6.07 Å². The van der Waals surface area contributed by atoms with Gasteiger partial charge in [-0.05, 0) is 43.7 Å². The molecule has 1 aliphatic rings. The molecule has 0 aliphatic heterocycles. The number of hydrogen-bond acceptors (Lipinski definition) is 2. The summed E-state index contributed by atoms with van der Waals surface area (Å²) in [5, 5.41) is 3.65. The van der Waals surface area contributed by atoms with Crippen LogP contribution in [0.15, 0.2) is 35.1 Å². The third kappa shape index (κ3) is 2.99. The van der Waals surface area contributed by atoms with Gasteiger partial charge in [-0.15, -0.1) is 0 Å². The average molecular weight is 284 g/mol. The number of rotatable bonds is 2. The van der Waals surface area contributed by atoms with Gasteiger partial charge in [0.15, 0.2) is 5.43 Å². The predicted octanol–water partition coefficient (Wildman–Crippen LogP) is 2.84. The van der Waals surface area contributed by atoms with E-state index in [2.05, 4.69) is 17.2 Å². The van der Waals surface area contributed by atoms with Crippen LogP contribution in [0.1, 0.15) is 43.1 Å². The van der Waals surface area contributed by atoms with Crippen LogP contribution in [-0.4, -0.2) is 16.9 Å². The molecule has 4 nitrogen and oxygen atoms in total. The molecule has 0 spiro atoms. The van der Waals surface area contributed by atoms with Crippen molar-refractivity contribution < 1.29 is 4.79 Å². The van der Waals surface area contributed by atoms with Gasteiger partial charge in [0.25, 0.3) is 5.91 Å². The number of H-pyrrole nitrogens is 1. The summed E-state index contributed by atoms with van der Waals surface area (Å²) in [4.78, 5) is 27.4. The highest BCUT2D eigenvalue weighted by Gasteiger charge is 2.20. The topological polar surface area (TPSA) is 62.0 Å². The molecule has 1 saturated carbocycles. The lowest BCUT2D eigenvalue weighted by atomic mass is 9.87. The molecule has 1 amide bonds. The fourth-order valence-corrected chi connectivity index (χ4v) is 2.99. The Bertz CT molecular complexity index is 712. The molecule has 21 heavy (non-hydrogen) atoms. The second-order valence-corrected chi connectivity index (χ2v) is 6.02. The van der Waals surface area contributed by atoms with Crippen LogP contribution in [0, 0.1) is 5.92 Å². The zero-order valence-electron chi connectivity index (χ0n) is 12.2. The summed E-state index contributed by atoms with van der Waals surface area (Å²) >= 11 is 0. The summed E-state index contributed by atoms with van der Waals surface area (Å²) in [6, 6.07) is 8.86. The van der Waals surface area contributed by atoms with Gasteiger partial charge >= 0.3 is 0 Å². The summed E-state index contributed by atoms with van der Waals surface area (Å²) in [6.45, 7) is 2.25. The highest BCUT2D eigenvalue weighted by atomic mass is 16.2. The van der Waals surface area contributed by atoms with Gasteiger partial charge in [0, 0.05) is 23.0 Å². The second-order valence-electron chi connectivity index (χ2n) is 6.02. The number of pyridine rings is 1. The Hall–Kier alpha value is -2.10. The van der Waals surface area contributed by atoms with Gasteiger partial charge in [0.1, 0.15) is 5.69 Å². The van der Waals surface area contributed by atoms with Crippen LogP contribution in [0.3, 0.4) is 0 Å². The summed E-state index contributed by atoms with van der Waals surface area (Å²) in [5.74, 6) is 0.566. The molecule has 0 bridgehead atoms. The average Bonchev–Trinajstić information content (AvgIpc) is 2.49. The van der Waals surface area contributed by atoms with Crippen molar-refractivity contribution in [2.75, 3.05) is 0 Å². The van der Waals surface area contributed by atoms with Crippen LogP contribution < -0.4 is 10.7 Å². The highest BCUT2D eigenvalue weighted by Crippen LogP contribution is 2.23. The molecular formula is C17H20N2O2. The molecule has 0 radical (unpaired) electrons. The second kappa shape index (κ2) is 5.72. The maximum absolute atomic E-state index is 12.3. The minimum atomic E-state index is -0.183. The molecule has 0 saturated heterocycles. The van der Waals surface area contributed by atoms with E-state index in [9.17, 15) is 9.59 Å². The van der Waals surface area contributed by atoms with Gasteiger partial charge in [-0.2, -0.15) is 0 Å². The number of nitrogens with one attached hydrogen (secondary N) is 2. The van der Waals surface area contributed by atoms with Crippen molar-refractivity contribution in [2.24, 2.45) is 5.92 Å². The van der Waals surface area contributed by atoms with Crippen LogP contribution in [-0.2, 0) is 0 Å². The Morgan fingerprint density at radius 2 is 1.90 bits per heavy atom. The number of aromatic nitrogens is 1. The zero-order valence-corrected chi connectivity index (χ0v) is 12.2. The molecule has 1 heterocycles. The summed E-state index contributed by atoms with van der Waals surface area (Å²) in [7, 11) is 0. The standard InChI is InChI=1S/C17H20N2O2/c1-11-6-8-12(9-7-11)18-17(21)15-10-16(20)13-4-2-3-5-14(13)19-15/h2-5,10-12H,6-9H2,1H3,(H,18,21)(H,19,20). The van der Waals surface area contributed by atoms with Crippen LogP contribution in [0.2, 0.25) is 0 Å². The Kier molecular flexibility index (Phi) is 3.78. The number of carbonyl (C=O) groups excluding carboxylic acids is 1. The van der Waals surface area contributed by atoms with Crippen molar-refractivity contribution in [2.45, 2.75) is 38.6 Å². The zero-order chi connectivity index (χ0) is 14.8. The maximum Gasteiger partial charge on any atom is 0.268 e. The number of benzene rings is 1. The first-order valence-corrected chi connectivity index (χ1v) is 7.56. The first-order valence-electron chi connectivity index (χ1n) is 7.56. The van der Waals surface area contributed by atoms with Crippen molar-refractivity contribution >= 4 is 16.8 Å². The number of aromatic amines is 1. The molecule has 110 valence electrons. The lowest BCUT2D eigenvalue weighted by Gasteiger charge is -2.26. The third-order valence-electron chi connectivity index (χ3n) is 4.33. The van der Waals surface area contributed by atoms with Gasteiger partial charge in [-0.25, -0.2) is 0 Å². The van der Waals surface area contributed by atoms with Gasteiger partial charge in [-0.1, -0.05) is 19.1 Å². The number of para-hydroxylation sites is 1. The van der Waals surface area contributed by atoms with Crippen molar-refractivity contribution in [3.8, 4) is 0 Å². The van der Waals surface area contributed by atoms with Crippen molar-refractivity contribution in [3.05, 3.63) is 46.2 Å². The van der Waals surface area contributed by atoms with E-state index in [4.69, 9.17) is 0 Å². The van der Waals surface area contributed by atoms with E-state index in [1.807, 2.05) is 18.2 Å². The number of carbonyl (C=O) groups is 1. The monoisotopic (exact) mass is 284 g/mol. The lowest BCUT2D eigenvalue weighted by Crippen LogP contribution is -2.38. The molecule has 1 aromatic carbocycles. The quantitative estimate of drug-likeness (QED) is 0.890. The Balaban J connectivity index is 1.80. The largest absolute Gasteiger partial charge is 0.350 e. The fourth-order valence-electron chi connectivity index (χ4n) is 2.99. The Labute approximate surface area is 123 Å². The fraction of sp³-hybridized carbons (Fsp3) is 0.412. The van der Waals surface area contributed by atoms with Gasteiger partial charge in [0.2, 0.25) is 0 Å². The summed E-state index contributed by atoms with van der Waals surface area (Å²) in [6.07, 6.45) is 4.34. The molecule has 1 aliphatic carbocycles. The lowest BCUT2D eigenvalue weighted by molar-refractivity contribution is 0.0918. The van der Waals surface area contributed by atoms with E-state index >= 15 is 0 Å². The van der Waals surface area contributed by atoms with Crippen molar-refractivity contribution in [1.82, 2.24) is 10.3 Å². The molecule has 2 aromatic rings. The van der Waals surface area contributed by atoms with Gasteiger partial charge in [0.05, 0.1) is 0 Å². The first kappa shape index (κ1) is 13.9. The Morgan fingerprint density at radius 1 is 1.19 bits per heavy atom. The van der Waals surface area contributed by atoms with Crippen molar-refractivity contribution in [1.29, 1.82) is 0 Å². The molecule has 0 atom stereocenters. The van der Waals surface area contributed by atoms with Crippen LogP contribution in [0.4, 0.5) is 0 Å². The molecule has 4 heteroatoms. The van der Waals surface area contributed by atoms with Gasteiger partial charge < -0.3 is 10.3 Å². The number of hydrogen-bond donors (Lipinski definition) is 2. The van der Waals surface area contributed by atoms with E-state index < -0.39 is 0 Å². The van der Waals surface area contributed by atoms with Crippen molar-refractivity contribution in [3.63, 3.8) is 0 Å². The number of fused-ring (bicyclic) bond motifs is 1. The summed E-state index contributed by atoms with van der Waals surface area (Å²) in [5.41, 5.74) is 0.927. The molecule has 3 rings (SSSR count). The molecule has 1 fully saturated rings. The predicted molar refractivity (Wildman–Crippen MR) is 83.5 cm³/mol. The van der Waals surface area contributed by atoms with E-state index in [0.717, 1.165) is 31.6 Å². The molecular weight excluding hydrogens is 264 g/mol. The molecule has 1 aromatic heterocycles.